The SMILES string of the molecule is CCCN(C(=O)c1cc(C)c(CC)s1)C1CCNCC1.Cl. The number of thiophene rings is 1. The maximum Gasteiger partial charge on any atom is 0.264 e. The molecule has 0 spiro atoms. The Hall–Kier alpha value is -0.580. The average Bonchev–Trinajstić information content (AvgIpc) is 2.86. The summed E-state index contributed by atoms with van der Waals surface area (Å²) in [6.07, 6.45) is 4.21. The molecular formula is C16H27ClN2OS. The number of hydrogen-bond donors (Lipinski definition) is 1. The Kier molecular flexibility index (Phi) is 7.71. The Balaban J connectivity index is 0.00000220. The van der Waals surface area contributed by atoms with Gasteiger partial charge < -0.3 is 10.2 Å². The second-order valence-electron chi connectivity index (χ2n) is 5.55. The summed E-state index contributed by atoms with van der Waals surface area (Å²) in [6, 6.07) is 2.49. The number of amides is 1. The maximum absolute atomic E-state index is 12.8. The van der Waals surface area contributed by atoms with Crippen molar-refractivity contribution in [2.75, 3.05) is 19.6 Å². The minimum atomic E-state index is 0. The fourth-order valence-corrected chi connectivity index (χ4v) is 4.00. The number of nitrogens with one attached hydrogen (secondary N) is 1. The predicted octanol–water partition coefficient (Wildman–Crippen LogP) is 3.64. The topological polar surface area (TPSA) is 32.3 Å². The van der Waals surface area contributed by atoms with Gasteiger partial charge in [-0.2, -0.15) is 0 Å². The Bertz CT molecular complexity index is 455. The number of hydrogen-bond acceptors (Lipinski definition) is 3. The summed E-state index contributed by atoms with van der Waals surface area (Å²) in [5.74, 6) is 0.242. The Labute approximate surface area is 138 Å². The van der Waals surface area contributed by atoms with Crippen LogP contribution in [0.25, 0.3) is 0 Å². The smallest absolute Gasteiger partial charge is 0.264 e. The molecule has 2 heterocycles. The first-order chi connectivity index (χ1) is 9.67. The van der Waals surface area contributed by atoms with Crippen LogP contribution in [0.4, 0.5) is 0 Å². The van der Waals surface area contributed by atoms with E-state index in [0.717, 1.165) is 50.2 Å². The van der Waals surface area contributed by atoms with E-state index >= 15 is 0 Å². The molecule has 0 unspecified atom stereocenters. The van der Waals surface area contributed by atoms with Crippen molar-refractivity contribution in [3.05, 3.63) is 21.4 Å². The van der Waals surface area contributed by atoms with Crippen molar-refractivity contribution in [2.24, 2.45) is 0 Å². The molecule has 120 valence electrons. The fraction of sp³-hybridized carbons (Fsp3) is 0.688. The third-order valence-electron chi connectivity index (χ3n) is 4.03. The maximum atomic E-state index is 12.8. The fourth-order valence-electron chi connectivity index (χ4n) is 2.93. The summed E-state index contributed by atoms with van der Waals surface area (Å²) >= 11 is 1.68. The lowest BCUT2D eigenvalue weighted by Crippen LogP contribution is -2.46. The molecule has 1 N–H and O–H groups in total. The van der Waals surface area contributed by atoms with Crippen LogP contribution in [0, 0.1) is 6.92 Å². The standard InChI is InChI=1S/C16H26N2OS.ClH/c1-4-10-18(13-6-8-17-9-7-13)16(19)15-11-12(3)14(5-2)20-15;/h11,13,17H,4-10H2,1-3H3;1H. The Morgan fingerprint density at radius 1 is 1.38 bits per heavy atom. The number of piperidine rings is 1. The Morgan fingerprint density at radius 2 is 2.05 bits per heavy atom. The zero-order chi connectivity index (χ0) is 14.5. The molecule has 1 aromatic rings. The van der Waals surface area contributed by atoms with Crippen molar-refractivity contribution in [3.8, 4) is 0 Å². The van der Waals surface area contributed by atoms with Crippen LogP contribution in [-0.2, 0) is 6.42 Å². The third kappa shape index (κ3) is 4.44. The predicted molar refractivity (Wildman–Crippen MR) is 92.9 cm³/mol. The van der Waals surface area contributed by atoms with Gasteiger partial charge in [0.05, 0.1) is 4.88 Å². The molecule has 21 heavy (non-hydrogen) atoms. The zero-order valence-corrected chi connectivity index (χ0v) is 14.9. The van der Waals surface area contributed by atoms with Gasteiger partial charge in [0, 0.05) is 17.5 Å². The minimum Gasteiger partial charge on any atom is -0.335 e. The van der Waals surface area contributed by atoms with Crippen molar-refractivity contribution in [1.29, 1.82) is 0 Å². The third-order valence-corrected chi connectivity index (χ3v) is 5.40. The molecule has 1 aliphatic heterocycles. The van der Waals surface area contributed by atoms with Gasteiger partial charge in [-0.25, -0.2) is 0 Å². The van der Waals surface area contributed by atoms with E-state index in [4.69, 9.17) is 0 Å². The van der Waals surface area contributed by atoms with Crippen molar-refractivity contribution >= 4 is 29.7 Å². The van der Waals surface area contributed by atoms with Crippen LogP contribution < -0.4 is 5.32 Å². The van der Waals surface area contributed by atoms with Crippen molar-refractivity contribution < 1.29 is 4.79 Å². The highest BCUT2D eigenvalue weighted by Gasteiger charge is 2.26. The zero-order valence-electron chi connectivity index (χ0n) is 13.3. The summed E-state index contributed by atoms with van der Waals surface area (Å²) in [4.78, 5) is 17.2. The number of rotatable bonds is 5. The molecule has 0 aromatic carbocycles. The van der Waals surface area contributed by atoms with Crippen LogP contribution in [0.2, 0.25) is 0 Å². The summed E-state index contributed by atoms with van der Waals surface area (Å²) in [5, 5.41) is 3.38. The van der Waals surface area contributed by atoms with E-state index in [2.05, 4.69) is 37.1 Å². The molecule has 0 radical (unpaired) electrons. The largest absolute Gasteiger partial charge is 0.335 e. The highest BCUT2D eigenvalue weighted by atomic mass is 35.5. The van der Waals surface area contributed by atoms with Crippen LogP contribution >= 0.6 is 23.7 Å². The Morgan fingerprint density at radius 3 is 2.57 bits per heavy atom. The lowest BCUT2D eigenvalue weighted by molar-refractivity contribution is 0.0647. The molecule has 2 rings (SSSR count). The first kappa shape index (κ1) is 18.5. The van der Waals surface area contributed by atoms with Gasteiger partial charge in [0.2, 0.25) is 0 Å². The first-order valence-electron chi connectivity index (χ1n) is 7.78. The summed E-state index contributed by atoms with van der Waals surface area (Å²) in [6.45, 7) is 9.36. The molecule has 1 aromatic heterocycles. The molecule has 1 saturated heterocycles. The van der Waals surface area contributed by atoms with Gasteiger partial charge in [-0.05, 0) is 57.3 Å². The van der Waals surface area contributed by atoms with Crippen LogP contribution in [0.1, 0.15) is 53.2 Å². The summed E-state index contributed by atoms with van der Waals surface area (Å²) in [5.41, 5.74) is 1.27. The lowest BCUT2D eigenvalue weighted by Gasteiger charge is -2.34. The first-order valence-corrected chi connectivity index (χ1v) is 8.60. The van der Waals surface area contributed by atoms with Crippen molar-refractivity contribution in [1.82, 2.24) is 10.2 Å². The molecule has 1 amide bonds. The van der Waals surface area contributed by atoms with Crippen molar-refractivity contribution in [2.45, 2.75) is 52.5 Å². The molecule has 0 saturated carbocycles. The van der Waals surface area contributed by atoms with Gasteiger partial charge in [-0.1, -0.05) is 13.8 Å². The molecule has 0 bridgehead atoms. The summed E-state index contributed by atoms with van der Waals surface area (Å²) in [7, 11) is 0. The van der Waals surface area contributed by atoms with Crippen LogP contribution in [0.3, 0.4) is 0 Å². The van der Waals surface area contributed by atoms with E-state index in [0.29, 0.717) is 6.04 Å². The van der Waals surface area contributed by atoms with Gasteiger partial charge in [0.1, 0.15) is 0 Å². The van der Waals surface area contributed by atoms with E-state index in [9.17, 15) is 4.79 Å². The monoisotopic (exact) mass is 330 g/mol. The van der Waals surface area contributed by atoms with Crippen LogP contribution in [0.5, 0.6) is 0 Å². The normalized spacial score (nSPS) is 15.6. The van der Waals surface area contributed by atoms with E-state index in [1.807, 2.05) is 0 Å². The number of carbonyl (C=O) groups excluding carboxylic acids is 1. The molecule has 5 heteroatoms. The van der Waals surface area contributed by atoms with Gasteiger partial charge in [0.15, 0.2) is 0 Å². The lowest BCUT2D eigenvalue weighted by atomic mass is 10.0. The van der Waals surface area contributed by atoms with E-state index in [1.54, 1.807) is 11.3 Å². The van der Waals surface area contributed by atoms with Gasteiger partial charge in [0.25, 0.3) is 5.91 Å². The number of nitrogens with zero attached hydrogens (tertiary/aromatic N) is 1. The highest BCUT2D eigenvalue weighted by molar-refractivity contribution is 7.14. The second kappa shape index (κ2) is 8.76. The number of halogens is 1. The molecule has 3 nitrogen and oxygen atoms in total. The average molecular weight is 331 g/mol. The van der Waals surface area contributed by atoms with Gasteiger partial charge in [-0.15, -0.1) is 23.7 Å². The second-order valence-corrected chi connectivity index (χ2v) is 6.69. The van der Waals surface area contributed by atoms with Crippen molar-refractivity contribution in [3.63, 3.8) is 0 Å². The number of aryl methyl sites for hydroxylation is 2. The molecule has 0 aliphatic carbocycles. The molecular weight excluding hydrogens is 304 g/mol. The van der Waals surface area contributed by atoms with Crippen LogP contribution in [-0.4, -0.2) is 36.5 Å². The summed E-state index contributed by atoms with van der Waals surface area (Å²) < 4.78 is 0. The minimum absolute atomic E-state index is 0. The molecule has 1 aliphatic rings. The van der Waals surface area contributed by atoms with E-state index in [1.165, 1.54) is 10.4 Å². The van der Waals surface area contributed by atoms with E-state index < -0.39 is 0 Å². The van der Waals surface area contributed by atoms with E-state index in [-0.39, 0.29) is 18.3 Å². The van der Waals surface area contributed by atoms with Gasteiger partial charge in [-0.3, -0.25) is 4.79 Å². The van der Waals surface area contributed by atoms with Gasteiger partial charge >= 0.3 is 0 Å². The molecule has 0 atom stereocenters. The molecule has 1 fully saturated rings. The number of carbonyl (C=O) groups is 1. The highest BCUT2D eigenvalue weighted by Crippen LogP contribution is 2.25. The quantitative estimate of drug-likeness (QED) is 0.893. The van der Waals surface area contributed by atoms with Crippen LogP contribution in [0.15, 0.2) is 6.07 Å².